The Bertz CT molecular complexity index is 2080. The van der Waals surface area contributed by atoms with Crippen molar-refractivity contribution in [3.05, 3.63) is 89.1 Å². The molecule has 6 aromatic rings. The minimum atomic E-state index is -0.644. The Hall–Kier alpha value is -4.51. The van der Waals surface area contributed by atoms with Crippen molar-refractivity contribution in [2.24, 2.45) is 5.41 Å². The molecule has 0 aliphatic rings. The number of rotatable bonds is 8. The van der Waals surface area contributed by atoms with Crippen molar-refractivity contribution in [3.63, 3.8) is 0 Å². The van der Waals surface area contributed by atoms with Crippen molar-refractivity contribution < 1.29 is 14.3 Å². The van der Waals surface area contributed by atoms with Crippen LogP contribution in [-0.4, -0.2) is 48.8 Å². The van der Waals surface area contributed by atoms with E-state index in [1.165, 1.54) is 0 Å². The number of tetrazole rings is 1. The van der Waals surface area contributed by atoms with Gasteiger partial charge >= 0.3 is 5.97 Å². The summed E-state index contributed by atoms with van der Waals surface area (Å²) in [6.07, 6.45) is 1.27. The molecule has 0 fully saturated rings. The Labute approximate surface area is 288 Å². The van der Waals surface area contributed by atoms with Crippen LogP contribution in [0.4, 0.5) is 0 Å². The van der Waals surface area contributed by atoms with Crippen LogP contribution in [0.3, 0.4) is 0 Å². The van der Waals surface area contributed by atoms with Gasteiger partial charge in [-0.3, -0.25) is 9.78 Å². The second-order valence-electron chi connectivity index (χ2n) is 13.7. The second kappa shape index (κ2) is 13.2. The van der Waals surface area contributed by atoms with Gasteiger partial charge in [-0.2, -0.15) is 5.21 Å². The molecule has 0 amide bonds. The molecule has 0 saturated carbocycles. The van der Waals surface area contributed by atoms with E-state index in [1.54, 1.807) is 17.5 Å². The predicted octanol–water partition coefficient (Wildman–Crippen LogP) is 9.28. The van der Waals surface area contributed by atoms with Gasteiger partial charge in [0.2, 0.25) is 5.82 Å². The molecule has 0 aliphatic carbocycles. The average molecular weight is 681 g/mol. The summed E-state index contributed by atoms with van der Waals surface area (Å²) < 4.78 is 13.5. The van der Waals surface area contributed by atoms with E-state index in [4.69, 9.17) is 26.1 Å². The molecule has 0 radical (unpaired) electrons. The normalized spacial score (nSPS) is 12.8. The molecule has 0 unspecified atom stereocenters. The number of hydrogen-bond acceptors (Lipinski definition) is 9. The summed E-state index contributed by atoms with van der Waals surface area (Å²) in [5.74, 6) is 0.232. The summed E-state index contributed by atoms with van der Waals surface area (Å²) in [7, 11) is 0. The summed E-state index contributed by atoms with van der Waals surface area (Å²) in [5, 5.41) is 15.9. The molecule has 6 rings (SSSR count). The number of carbonyl (C=O) groups is 1. The monoisotopic (exact) mass is 680 g/mol. The van der Waals surface area contributed by atoms with Crippen molar-refractivity contribution in [2.45, 2.75) is 60.2 Å². The van der Waals surface area contributed by atoms with Gasteiger partial charge in [-0.1, -0.05) is 41.9 Å². The Morgan fingerprint density at radius 1 is 0.938 bits per heavy atom. The maximum absolute atomic E-state index is 12.9. The van der Waals surface area contributed by atoms with Gasteiger partial charge in [0.1, 0.15) is 17.7 Å². The van der Waals surface area contributed by atoms with Crippen molar-refractivity contribution in [3.8, 4) is 44.3 Å². The number of thiazole rings is 1. The quantitative estimate of drug-likeness (QED) is 0.158. The number of nitrogens with zero attached hydrogens (tertiary/aromatic N) is 5. The highest BCUT2D eigenvalue weighted by Crippen LogP contribution is 2.45. The maximum Gasteiger partial charge on any atom is 0.311 e. The Morgan fingerprint density at radius 3 is 2.38 bits per heavy atom. The molecular weight excluding hydrogens is 644 g/mol. The molecule has 0 saturated heterocycles. The van der Waals surface area contributed by atoms with E-state index in [9.17, 15) is 4.79 Å². The third kappa shape index (κ3) is 7.31. The number of carbonyl (C=O) groups excluding carboxylic acids is 1. The molecule has 3 aromatic carbocycles. The number of hydrogen-bond donors (Lipinski definition) is 1. The van der Waals surface area contributed by atoms with Gasteiger partial charge in [-0.15, -0.1) is 21.5 Å². The lowest BCUT2D eigenvalue weighted by atomic mass is 9.91. The zero-order valence-corrected chi connectivity index (χ0v) is 29.5. The molecule has 1 atom stereocenters. The van der Waals surface area contributed by atoms with Crippen molar-refractivity contribution >= 4 is 39.1 Å². The van der Waals surface area contributed by atoms with Crippen LogP contribution in [0, 0.1) is 12.3 Å². The third-order valence-corrected chi connectivity index (χ3v) is 9.02. The molecule has 0 spiro atoms. The number of H-pyrrole nitrogens is 1. The molecule has 3 heterocycles. The third-order valence-electron chi connectivity index (χ3n) is 7.63. The van der Waals surface area contributed by atoms with E-state index in [2.05, 4.69) is 38.6 Å². The predicted molar refractivity (Wildman–Crippen MR) is 191 cm³/mol. The fraction of sp³-hybridized carbons (Fsp3) is 0.297. The molecule has 0 aliphatic heterocycles. The molecule has 3 aromatic heterocycles. The highest BCUT2D eigenvalue weighted by molar-refractivity contribution is 7.22. The number of aromatic nitrogens is 6. The SMILES string of the molecule is Cc1cc2nc(-c3ccnc(-c4cccc(-c5nn[nH]n5)c4)c3)sc2c(-c2ccc(Cl)cc2)c1[C@@H](COC(=O)C(C)(C)C)OC(C)(C)C. The molecule has 48 heavy (non-hydrogen) atoms. The number of esters is 1. The van der Waals surface area contributed by atoms with E-state index >= 15 is 0 Å². The Kier molecular flexibility index (Phi) is 9.17. The minimum absolute atomic E-state index is 0.0720. The van der Waals surface area contributed by atoms with Crippen LogP contribution in [0.5, 0.6) is 0 Å². The van der Waals surface area contributed by atoms with Crippen LogP contribution in [-0.2, 0) is 14.3 Å². The highest BCUT2D eigenvalue weighted by atomic mass is 35.5. The molecule has 246 valence electrons. The Morgan fingerprint density at radius 2 is 1.69 bits per heavy atom. The van der Waals surface area contributed by atoms with E-state index in [0.717, 1.165) is 59.9 Å². The van der Waals surface area contributed by atoms with Gasteiger partial charge in [-0.25, -0.2) is 4.98 Å². The largest absolute Gasteiger partial charge is 0.462 e. The number of nitrogens with one attached hydrogen (secondary N) is 1. The standard InChI is InChI=1S/C37H37ClN6O3S/c1-21-17-28-32(48-34(40-28)25-15-16-39-27(19-25)23-9-8-10-24(18-23)33-41-43-44-42-33)31(22-11-13-26(38)14-12-22)30(21)29(47-37(5,6)7)20-46-35(45)36(2,3)4/h8-19,29H,20H2,1-7H3,(H,41,42,43,44)/t29-/m1/s1. The smallest absolute Gasteiger partial charge is 0.311 e. The zero-order chi connectivity index (χ0) is 34.2. The fourth-order valence-electron chi connectivity index (χ4n) is 5.45. The van der Waals surface area contributed by atoms with Crippen LogP contribution in [0.2, 0.25) is 5.02 Å². The molecule has 11 heteroatoms. The van der Waals surface area contributed by atoms with E-state index in [0.29, 0.717) is 10.8 Å². The van der Waals surface area contributed by atoms with Gasteiger partial charge in [0.25, 0.3) is 0 Å². The average Bonchev–Trinajstić information content (AvgIpc) is 3.73. The number of ether oxygens (including phenoxy) is 2. The molecule has 0 bridgehead atoms. The zero-order valence-electron chi connectivity index (χ0n) is 28.0. The van der Waals surface area contributed by atoms with Gasteiger partial charge in [0.05, 0.1) is 26.9 Å². The first kappa shape index (κ1) is 33.4. The van der Waals surface area contributed by atoms with E-state index in [-0.39, 0.29) is 12.6 Å². The number of aromatic amines is 1. The van der Waals surface area contributed by atoms with Crippen LogP contribution >= 0.6 is 22.9 Å². The Balaban J connectivity index is 1.48. The first-order chi connectivity index (χ1) is 22.8. The highest BCUT2D eigenvalue weighted by Gasteiger charge is 2.31. The summed E-state index contributed by atoms with van der Waals surface area (Å²) in [4.78, 5) is 22.7. The van der Waals surface area contributed by atoms with E-state index < -0.39 is 17.1 Å². The van der Waals surface area contributed by atoms with Crippen molar-refractivity contribution in [1.29, 1.82) is 0 Å². The van der Waals surface area contributed by atoms with Crippen LogP contribution in [0.1, 0.15) is 58.8 Å². The van der Waals surface area contributed by atoms with E-state index in [1.807, 2.05) is 102 Å². The molecular formula is C37H37ClN6O3S. The lowest BCUT2D eigenvalue weighted by Crippen LogP contribution is -2.30. The summed E-state index contributed by atoms with van der Waals surface area (Å²) in [6, 6.07) is 21.8. The molecule has 1 N–H and O–H groups in total. The van der Waals surface area contributed by atoms with Gasteiger partial charge in [0.15, 0.2) is 0 Å². The van der Waals surface area contributed by atoms with Crippen LogP contribution < -0.4 is 0 Å². The topological polar surface area (TPSA) is 116 Å². The first-order valence-electron chi connectivity index (χ1n) is 15.6. The fourth-order valence-corrected chi connectivity index (χ4v) is 6.69. The second-order valence-corrected chi connectivity index (χ2v) is 15.1. The summed E-state index contributed by atoms with van der Waals surface area (Å²) in [6.45, 7) is 13.7. The van der Waals surface area contributed by atoms with Crippen LogP contribution in [0.15, 0.2) is 72.9 Å². The minimum Gasteiger partial charge on any atom is -0.462 e. The number of pyridine rings is 1. The van der Waals surface area contributed by atoms with Gasteiger partial charge in [0, 0.05) is 33.5 Å². The van der Waals surface area contributed by atoms with Crippen molar-refractivity contribution in [1.82, 2.24) is 30.6 Å². The first-order valence-corrected chi connectivity index (χ1v) is 16.8. The maximum atomic E-state index is 12.9. The molecule has 9 nitrogen and oxygen atoms in total. The lowest BCUT2D eigenvalue weighted by molar-refractivity contribution is -0.162. The number of halogens is 1. The van der Waals surface area contributed by atoms with Gasteiger partial charge < -0.3 is 9.47 Å². The number of fused-ring (bicyclic) bond motifs is 1. The summed E-state index contributed by atoms with van der Waals surface area (Å²) >= 11 is 7.94. The lowest BCUT2D eigenvalue weighted by Gasteiger charge is -2.31. The number of aryl methyl sites for hydroxylation is 1. The van der Waals surface area contributed by atoms with Gasteiger partial charge in [-0.05, 0) is 107 Å². The number of benzene rings is 3. The van der Waals surface area contributed by atoms with Crippen LogP contribution in [0.25, 0.3) is 54.6 Å². The van der Waals surface area contributed by atoms with Crippen molar-refractivity contribution in [2.75, 3.05) is 6.61 Å². The summed E-state index contributed by atoms with van der Waals surface area (Å²) in [5.41, 5.74) is 7.09.